The molecule has 0 aliphatic carbocycles. The van der Waals surface area contributed by atoms with E-state index in [1.165, 1.54) is 0 Å². The highest BCUT2D eigenvalue weighted by Gasteiger charge is 2.15. The van der Waals surface area contributed by atoms with E-state index < -0.39 is 0 Å². The van der Waals surface area contributed by atoms with E-state index in [1.807, 2.05) is 18.4 Å². The van der Waals surface area contributed by atoms with Crippen molar-refractivity contribution in [3.05, 3.63) is 27.9 Å². The molecule has 0 atom stereocenters. The molecule has 0 N–H and O–H groups in total. The monoisotopic (exact) mass is 345 g/mol. The number of hydrogen-bond acceptors (Lipinski definition) is 4. The van der Waals surface area contributed by atoms with Gasteiger partial charge in [0, 0.05) is 30.5 Å². The smallest absolute Gasteiger partial charge is 0.204 e. The zero-order valence-corrected chi connectivity index (χ0v) is 14.4. The minimum atomic E-state index is 0.152. The SMILES string of the molecule is CCn1c(Cl)nc(Cl)c1CSC1=N/C(C)=C\C(=O)CCC1. The summed E-state index contributed by atoms with van der Waals surface area (Å²) in [5.74, 6) is 0.825. The zero-order valence-electron chi connectivity index (χ0n) is 12.0. The highest BCUT2D eigenvalue weighted by Crippen LogP contribution is 2.27. The molecule has 1 aromatic heterocycles. The fraction of sp³-hybridized carbons (Fsp3) is 0.500. The highest BCUT2D eigenvalue weighted by molar-refractivity contribution is 8.13. The number of allylic oxidation sites excluding steroid dienone is 2. The average molecular weight is 346 g/mol. The van der Waals surface area contributed by atoms with Crippen LogP contribution in [-0.2, 0) is 17.1 Å². The van der Waals surface area contributed by atoms with Crippen molar-refractivity contribution in [2.24, 2.45) is 4.99 Å². The van der Waals surface area contributed by atoms with E-state index in [4.69, 9.17) is 23.2 Å². The van der Waals surface area contributed by atoms with Crippen molar-refractivity contribution in [1.29, 1.82) is 0 Å². The number of thioether (sulfide) groups is 1. The third-order valence-electron chi connectivity index (χ3n) is 3.15. The van der Waals surface area contributed by atoms with Crippen molar-refractivity contribution in [3.8, 4) is 0 Å². The van der Waals surface area contributed by atoms with E-state index in [9.17, 15) is 4.79 Å². The van der Waals surface area contributed by atoms with Crippen molar-refractivity contribution in [1.82, 2.24) is 9.55 Å². The summed E-state index contributed by atoms with van der Waals surface area (Å²) in [6, 6.07) is 0. The Morgan fingerprint density at radius 2 is 2.14 bits per heavy atom. The van der Waals surface area contributed by atoms with Crippen LogP contribution in [0.3, 0.4) is 0 Å². The fourth-order valence-corrected chi connectivity index (χ4v) is 3.92. The van der Waals surface area contributed by atoms with Gasteiger partial charge < -0.3 is 4.57 Å². The Morgan fingerprint density at radius 1 is 1.38 bits per heavy atom. The Morgan fingerprint density at radius 3 is 2.86 bits per heavy atom. The minimum Gasteiger partial charge on any atom is -0.317 e. The number of ketones is 1. The summed E-state index contributed by atoms with van der Waals surface area (Å²) < 4.78 is 1.90. The zero-order chi connectivity index (χ0) is 15.4. The molecule has 0 spiro atoms. The van der Waals surface area contributed by atoms with Crippen molar-refractivity contribution >= 4 is 45.8 Å². The van der Waals surface area contributed by atoms with Gasteiger partial charge in [0.05, 0.1) is 10.7 Å². The number of rotatable bonds is 3. The predicted octanol–water partition coefficient (Wildman–Crippen LogP) is 4.50. The third kappa shape index (κ3) is 4.34. The first kappa shape index (κ1) is 16.6. The van der Waals surface area contributed by atoms with Gasteiger partial charge in [-0.15, -0.1) is 11.8 Å². The Kier molecular flexibility index (Phi) is 5.90. The summed E-state index contributed by atoms with van der Waals surface area (Å²) in [6.45, 7) is 4.59. The number of nitrogens with zero attached hydrogens (tertiary/aromatic N) is 3. The number of halogens is 2. The third-order valence-corrected chi connectivity index (χ3v) is 4.79. The standard InChI is InChI=1S/C14H17Cl2N3OS/c1-3-19-11(13(15)18-14(19)16)8-21-12-6-4-5-10(20)7-9(2)17-12/h7H,3-6,8H2,1-2H3/b9-7-,17-12?. The average Bonchev–Trinajstić information content (AvgIpc) is 2.67. The van der Waals surface area contributed by atoms with Crippen molar-refractivity contribution in [2.45, 2.75) is 45.4 Å². The maximum Gasteiger partial charge on any atom is 0.204 e. The van der Waals surface area contributed by atoms with Gasteiger partial charge in [0.1, 0.15) is 0 Å². The second-order valence-corrected chi connectivity index (χ2v) is 6.51. The van der Waals surface area contributed by atoms with Crippen molar-refractivity contribution < 1.29 is 4.79 Å². The van der Waals surface area contributed by atoms with Gasteiger partial charge in [0.25, 0.3) is 0 Å². The van der Waals surface area contributed by atoms with Gasteiger partial charge in [0.2, 0.25) is 5.28 Å². The normalized spacial score (nSPS) is 18.8. The van der Waals surface area contributed by atoms with Gasteiger partial charge >= 0.3 is 0 Å². The van der Waals surface area contributed by atoms with Crippen LogP contribution in [0.2, 0.25) is 10.4 Å². The van der Waals surface area contributed by atoms with Gasteiger partial charge in [-0.05, 0) is 38.3 Å². The molecule has 7 heteroatoms. The van der Waals surface area contributed by atoms with E-state index in [0.717, 1.165) is 35.8 Å². The van der Waals surface area contributed by atoms with Crippen molar-refractivity contribution in [3.63, 3.8) is 0 Å². The quantitative estimate of drug-likeness (QED) is 0.810. The molecule has 0 bridgehead atoms. The molecule has 1 aromatic rings. The van der Waals surface area contributed by atoms with E-state index >= 15 is 0 Å². The van der Waals surface area contributed by atoms with E-state index in [0.29, 0.717) is 22.6 Å². The molecule has 0 saturated heterocycles. The van der Waals surface area contributed by atoms with Gasteiger partial charge in [-0.3, -0.25) is 9.79 Å². The largest absolute Gasteiger partial charge is 0.317 e. The summed E-state index contributed by atoms with van der Waals surface area (Å²) in [5, 5.41) is 1.88. The van der Waals surface area contributed by atoms with Crippen LogP contribution in [0.15, 0.2) is 16.8 Å². The van der Waals surface area contributed by atoms with Crippen molar-refractivity contribution in [2.75, 3.05) is 0 Å². The molecule has 2 heterocycles. The predicted molar refractivity (Wildman–Crippen MR) is 89.3 cm³/mol. The van der Waals surface area contributed by atoms with Crippen LogP contribution in [0.25, 0.3) is 0 Å². The summed E-state index contributed by atoms with van der Waals surface area (Å²) in [6.07, 6.45) is 3.83. The van der Waals surface area contributed by atoms with Crippen LogP contribution < -0.4 is 0 Å². The van der Waals surface area contributed by atoms with E-state index in [2.05, 4.69) is 9.98 Å². The Labute approximate surface area is 138 Å². The molecule has 2 rings (SSSR count). The van der Waals surface area contributed by atoms with Crippen LogP contribution >= 0.6 is 35.0 Å². The Bertz CT molecular complexity index is 608. The molecule has 1 aliphatic rings. The molecular weight excluding hydrogens is 329 g/mol. The lowest BCUT2D eigenvalue weighted by atomic mass is 10.1. The molecule has 0 aromatic carbocycles. The maximum atomic E-state index is 11.5. The molecule has 4 nitrogen and oxygen atoms in total. The second-order valence-electron chi connectivity index (χ2n) is 4.76. The van der Waals surface area contributed by atoms with Crippen LogP contribution in [0.1, 0.15) is 38.8 Å². The van der Waals surface area contributed by atoms with E-state index in [1.54, 1.807) is 17.8 Å². The first-order valence-electron chi connectivity index (χ1n) is 6.83. The Hall–Kier alpha value is -0.780. The number of carbonyl (C=O) groups is 1. The highest BCUT2D eigenvalue weighted by atomic mass is 35.5. The van der Waals surface area contributed by atoms with Crippen LogP contribution in [0.4, 0.5) is 0 Å². The van der Waals surface area contributed by atoms with Gasteiger partial charge in [0.15, 0.2) is 10.9 Å². The lowest BCUT2D eigenvalue weighted by Gasteiger charge is -2.10. The number of carbonyl (C=O) groups excluding carboxylic acids is 1. The molecule has 1 aliphatic heterocycles. The topological polar surface area (TPSA) is 47.2 Å². The summed E-state index contributed by atoms with van der Waals surface area (Å²) in [7, 11) is 0. The minimum absolute atomic E-state index is 0.152. The molecular formula is C14H17Cl2N3OS. The molecule has 0 saturated carbocycles. The number of aromatic nitrogens is 2. The number of hydrogen-bond donors (Lipinski definition) is 0. The van der Waals surface area contributed by atoms with Gasteiger partial charge in [-0.1, -0.05) is 11.6 Å². The first-order chi connectivity index (χ1) is 10.0. The molecule has 0 fully saturated rings. The van der Waals surface area contributed by atoms with Crippen LogP contribution in [-0.4, -0.2) is 20.4 Å². The maximum absolute atomic E-state index is 11.5. The summed E-state index contributed by atoms with van der Waals surface area (Å²) in [4.78, 5) is 20.1. The van der Waals surface area contributed by atoms with Crippen LogP contribution in [0.5, 0.6) is 0 Å². The molecule has 114 valence electrons. The number of aliphatic imine (C=N–C) groups is 1. The fourth-order valence-electron chi connectivity index (χ4n) is 2.15. The summed E-state index contributed by atoms with van der Waals surface area (Å²) >= 11 is 13.8. The molecule has 0 amide bonds. The van der Waals surface area contributed by atoms with E-state index in [-0.39, 0.29) is 5.78 Å². The van der Waals surface area contributed by atoms with Gasteiger partial charge in [-0.2, -0.15) is 0 Å². The first-order valence-corrected chi connectivity index (χ1v) is 8.57. The van der Waals surface area contributed by atoms with Crippen LogP contribution in [0, 0.1) is 0 Å². The lowest BCUT2D eigenvalue weighted by molar-refractivity contribution is -0.114. The lowest BCUT2D eigenvalue weighted by Crippen LogP contribution is -2.05. The Balaban J connectivity index is 2.12. The van der Waals surface area contributed by atoms with Gasteiger partial charge in [-0.25, -0.2) is 4.98 Å². The molecule has 0 radical (unpaired) electrons. The second kappa shape index (κ2) is 7.47. The number of imidazole rings is 1. The molecule has 21 heavy (non-hydrogen) atoms. The summed E-state index contributed by atoms with van der Waals surface area (Å²) in [5.41, 5.74) is 1.67. The molecule has 0 unspecified atom stereocenters.